The van der Waals surface area contributed by atoms with Crippen molar-refractivity contribution in [2.75, 3.05) is 5.32 Å². The van der Waals surface area contributed by atoms with Crippen molar-refractivity contribution in [1.29, 1.82) is 0 Å². The summed E-state index contributed by atoms with van der Waals surface area (Å²) in [4.78, 5) is 17.2. The van der Waals surface area contributed by atoms with E-state index in [2.05, 4.69) is 20.7 Å². The van der Waals surface area contributed by atoms with Crippen LogP contribution in [0, 0.1) is 12.7 Å². The van der Waals surface area contributed by atoms with E-state index in [4.69, 9.17) is 4.84 Å². The van der Waals surface area contributed by atoms with E-state index in [0.29, 0.717) is 17.3 Å². The SMILES string of the molecule is Cc1nnc(NC(=O)C2CC(c3ccc(F)cc3)=NO2)s1. The first kappa shape index (κ1) is 13.6. The van der Waals surface area contributed by atoms with Crippen LogP contribution in [0.25, 0.3) is 0 Å². The molecule has 0 spiro atoms. The van der Waals surface area contributed by atoms with E-state index in [1.54, 1.807) is 19.1 Å². The van der Waals surface area contributed by atoms with E-state index in [0.717, 1.165) is 10.6 Å². The van der Waals surface area contributed by atoms with Gasteiger partial charge in [-0.3, -0.25) is 10.1 Å². The Balaban J connectivity index is 1.63. The lowest BCUT2D eigenvalue weighted by molar-refractivity contribution is -0.125. The van der Waals surface area contributed by atoms with Crippen LogP contribution in [0.1, 0.15) is 17.0 Å². The highest BCUT2D eigenvalue weighted by Gasteiger charge is 2.29. The molecule has 1 aromatic heterocycles. The molecule has 0 bridgehead atoms. The molecule has 1 aromatic carbocycles. The second-order valence-corrected chi connectivity index (χ2v) is 5.64. The van der Waals surface area contributed by atoms with Crippen LogP contribution in [-0.4, -0.2) is 27.9 Å². The van der Waals surface area contributed by atoms with E-state index >= 15 is 0 Å². The van der Waals surface area contributed by atoms with E-state index in [9.17, 15) is 9.18 Å². The molecule has 0 fully saturated rings. The topological polar surface area (TPSA) is 76.5 Å². The number of rotatable bonds is 3. The Labute approximate surface area is 123 Å². The molecule has 1 aliphatic heterocycles. The van der Waals surface area contributed by atoms with Crippen LogP contribution in [0.15, 0.2) is 29.4 Å². The average Bonchev–Trinajstić information content (AvgIpc) is 3.09. The zero-order chi connectivity index (χ0) is 14.8. The number of benzene rings is 1. The molecule has 0 saturated heterocycles. The molecule has 1 unspecified atom stereocenters. The van der Waals surface area contributed by atoms with E-state index < -0.39 is 6.10 Å². The summed E-state index contributed by atoms with van der Waals surface area (Å²) in [6.45, 7) is 1.80. The third-order valence-electron chi connectivity index (χ3n) is 2.89. The third kappa shape index (κ3) is 3.05. The van der Waals surface area contributed by atoms with Crippen LogP contribution in [-0.2, 0) is 9.63 Å². The summed E-state index contributed by atoms with van der Waals surface area (Å²) < 4.78 is 12.9. The molecule has 8 heteroatoms. The van der Waals surface area contributed by atoms with Gasteiger partial charge in [-0.2, -0.15) is 0 Å². The quantitative estimate of drug-likeness (QED) is 0.942. The minimum absolute atomic E-state index is 0.320. The number of aryl methyl sites for hydroxylation is 1. The van der Waals surface area contributed by atoms with Crippen molar-refractivity contribution in [1.82, 2.24) is 10.2 Å². The van der Waals surface area contributed by atoms with Crippen molar-refractivity contribution < 1.29 is 14.0 Å². The normalized spacial score (nSPS) is 17.2. The molecule has 0 aliphatic carbocycles. The monoisotopic (exact) mass is 306 g/mol. The van der Waals surface area contributed by atoms with Gasteiger partial charge in [0.25, 0.3) is 5.91 Å². The van der Waals surface area contributed by atoms with Crippen LogP contribution in [0.2, 0.25) is 0 Å². The minimum atomic E-state index is -0.714. The fraction of sp³-hybridized carbons (Fsp3) is 0.231. The van der Waals surface area contributed by atoms with Crippen LogP contribution < -0.4 is 5.32 Å². The van der Waals surface area contributed by atoms with E-state index in [1.165, 1.54) is 23.5 Å². The second-order valence-electron chi connectivity index (χ2n) is 4.46. The Hall–Kier alpha value is -2.35. The molecular weight excluding hydrogens is 295 g/mol. The molecule has 1 N–H and O–H groups in total. The van der Waals surface area contributed by atoms with Gasteiger partial charge in [-0.05, 0) is 24.6 Å². The highest BCUT2D eigenvalue weighted by atomic mass is 32.1. The van der Waals surface area contributed by atoms with Crippen molar-refractivity contribution in [3.63, 3.8) is 0 Å². The van der Waals surface area contributed by atoms with Crippen molar-refractivity contribution in [2.45, 2.75) is 19.4 Å². The summed E-state index contributed by atoms with van der Waals surface area (Å²) in [7, 11) is 0. The van der Waals surface area contributed by atoms with Gasteiger partial charge in [0.05, 0.1) is 5.71 Å². The van der Waals surface area contributed by atoms with E-state index in [-0.39, 0.29) is 11.7 Å². The number of oxime groups is 1. The summed E-state index contributed by atoms with van der Waals surface area (Å²) >= 11 is 1.28. The first-order valence-electron chi connectivity index (χ1n) is 6.21. The molecule has 1 amide bonds. The Morgan fingerprint density at radius 1 is 1.38 bits per heavy atom. The molecule has 6 nitrogen and oxygen atoms in total. The smallest absolute Gasteiger partial charge is 0.270 e. The number of amides is 1. The molecule has 0 saturated carbocycles. The number of carbonyl (C=O) groups is 1. The zero-order valence-electron chi connectivity index (χ0n) is 11.0. The molecule has 21 heavy (non-hydrogen) atoms. The van der Waals surface area contributed by atoms with Gasteiger partial charge in [0.1, 0.15) is 10.8 Å². The number of carbonyl (C=O) groups excluding carboxylic acids is 1. The number of aromatic nitrogens is 2. The van der Waals surface area contributed by atoms with Gasteiger partial charge in [0, 0.05) is 6.42 Å². The minimum Gasteiger partial charge on any atom is -0.382 e. The van der Waals surface area contributed by atoms with Gasteiger partial charge in [-0.15, -0.1) is 10.2 Å². The van der Waals surface area contributed by atoms with Gasteiger partial charge in [0.2, 0.25) is 11.2 Å². The summed E-state index contributed by atoms with van der Waals surface area (Å²) in [5.74, 6) is -0.647. The molecule has 0 radical (unpaired) electrons. The van der Waals surface area contributed by atoms with Crippen LogP contribution in [0.5, 0.6) is 0 Å². The number of hydrogen-bond donors (Lipinski definition) is 1. The van der Waals surface area contributed by atoms with Crippen molar-refractivity contribution in [3.05, 3.63) is 40.7 Å². The Bertz CT molecular complexity index is 698. The predicted octanol–water partition coefficient (Wildman–Crippen LogP) is 2.12. The second kappa shape index (κ2) is 5.57. The number of halogens is 1. The highest BCUT2D eigenvalue weighted by Crippen LogP contribution is 2.20. The molecule has 2 heterocycles. The lowest BCUT2D eigenvalue weighted by Crippen LogP contribution is -2.28. The van der Waals surface area contributed by atoms with Gasteiger partial charge in [0.15, 0.2) is 0 Å². The van der Waals surface area contributed by atoms with Crippen molar-refractivity contribution in [2.24, 2.45) is 5.16 Å². The number of nitrogens with zero attached hydrogens (tertiary/aromatic N) is 3. The summed E-state index contributed by atoms with van der Waals surface area (Å²) in [5, 5.41) is 15.3. The highest BCUT2D eigenvalue weighted by molar-refractivity contribution is 7.15. The van der Waals surface area contributed by atoms with Gasteiger partial charge < -0.3 is 4.84 Å². The fourth-order valence-electron chi connectivity index (χ4n) is 1.86. The zero-order valence-corrected chi connectivity index (χ0v) is 11.9. The van der Waals surface area contributed by atoms with Crippen LogP contribution >= 0.6 is 11.3 Å². The molecule has 1 aliphatic rings. The van der Waals surface area contributed by atoms with Crippen molar-refractivity contribution in [3.8, 4) is 0 Å². The molecule has 2 aromatic rings. The van der Waals surface area contributed by atoms with Crippen LogP contribution in [0.4, 0.5) is 9.52 Å². The number of hydrogen-bond acceptors (Lipinski definition) is 6. The van der Waals surface area contributed by atoms with Crippen molar-refractivity contribution >= 4 is 28.1 Å². The Morgan fingerprint density at radius 3 is 2.81 bits per heavy atom. The Kier molecular flexibility index (Phi) is 3.61. The third-order valence-corrected chi connectivity index (χ3v) is 3.65. The van der Waals surface area contributed by atoms with Gasteiger partial charge in [-0.25, -0.2) is 4.39 Å². The maximum Gasteiger partial charge on any atom is 0.270 e. The molecular formula is C13H11FN4O2S. The molecule has 1 atom stereocenters. The summed E-state index contributed by atoms with van der Waals surface area (Å²) in [6, 6.07) is 5.89. The summed E-state index contributed by atoms with van der Waals surface area (Å²) in [6.07, 6.45) is -0.385. The predicted molar refractivity (Wildman–Crippen MR) is 75.7 cm³/mol. The van der Waals surface area contributed by atoms with Gasteiger partial charge in [-0.1, -0.05) is 28.6 Å². The van der Waals surface area contributed by atoms with Crippen LogP contribution in [0.3, 0.4) is 0 Å². The van der Waals surface area contributed by atoms with Gasteiger partial charge >= 0.3 is 0 Å². The maximum atomic E-state index is 12.9. The van der Waals surface area contributed by atoms with E-state index in [1.807, 2.05) is 0 Å². The number of nitrogens with one attached hydrogen (secondary N) is 1. The Morgan fingerprint density at radius 2 is 2.14 bits per heavy atom. The maximum absolute atomic E-state index is 12.9. The largest absolute Gasteiger partial charge is 0.382 e. The fourth-order valence-corrected chi connectivity index (χ4v) is 2.46. The molecule has 3 rings (SSSR count). The number of anilines is 1. The summed E-state index contributed by atoms with van der Waals surface area (Å²) in [5.41, 5.74) is 1.35. The lowest BCUT2D eigenvalue weighted by Gasteiger charge is -2.06. The standard InChI is InChI=1S/C13H11FN4O2S/c1-7-16-17-13(21-7)15-12(19)11-6-10(18-20-11)8-2-4-9(14)5-3-8/h2-5,11H,6H2,1H3,(H,15,17,19). The molecule has 108 valence electrons. The first-order chi connectivity index (χ1) is 10.1. The lowest BCUT2D eigenvalue weighted by atomic mass is 10.0. The average molecular weight is 306 g/mol. The first-order valence-corrected chi connectivity index (χ1v) is 7.03.